The average Bonchev–Trinajstić information content (AvgIpc) is 3.41. The van der Waals surface area contributed by atoms with Gasteiger partial charge in [0.2, 0.25) is 5.91 Å². The van der Waals surface area contributed by atoms with Crippen LogP contribution in [0, 0.1) is 18.7 Å². The molecule has 8 heteroatoms. The van der Waals surface area contributed by atoms with Gasteiger partial charge in [0.25, 0.3) is 5.91 Å². The highest BCUT2D eigenvalue weighted by atomic mass is 19.1. The number of amides is 2. The van der Waals surface area contributed by atoms with E-state index < -0.39 is 6.04 Å². The van der Waals surface area contributed by atoms with E-state index in [1.54, 1.807) is 5.01 Å². The van der Waals surface area contributed by atoms with Crippen molar-refractivity contribution < 1.29 is 14.0 Å². The molecule has 1 aromatic heterocycles. The lowest BCUT2D eigenvalue weighted by molar-refractivity contribution is -0.148. The van der Waals surface area contributed by atoms with Crippen LogP contribution in [0.1, 0.15) is 54.7 Å². The molecule has 7 nitrogen and oxygen atoms in total. The molecule has 1 unspecified atom stereocenters. The maximum Gasteiger partial charge on any atom is 0.264 e. The van der Waals surface area contributed by atoms with E-state index >= 15 is 0 Å². The van der Waals surface area contributed by atoms with Gasteiger partial charge in [-0.25, -0.2) is 14.4 Å². The number of aryl methyl sites for hydroxylation is 1. The van der Waals surface area contributed by atoms with Crippen molar-refractivity contribution in [1.29, 1.82) is 0 Å². The Morgan fingerprint density at radius 3 is 2.94 bits per heavy atom. The number of fused-ring (bicyclic) bond motifs is 3. The van der Waals surface area contributed by atoms with Gasteiger partial charge < -0.3 is 10.3 Å². The number of nitrogens with zero attached hydrogens (tertiary/aromatic N) is 3. The van der Waals surface area contributed by atoms with Gasteiger partial charge in [0.1, 0.15) is 17.7 Å². The van der Waals surface area contributed by atoms with E-state index in [9.17, 15) is 14.0 Å². The average molecular weight is 464 g/mol. The fraction of sp³-hybridized carbons (Fsp3) is 0.423. The zero-order valence-electron chi connectivity index (χ0n) is 19.6. The topological polar surface area (TPSA) is 81.3 Å². The number of aromatic nitrogens is 2. The van der Waals surface area contributed by atoms with E-state index in [0.29, 0.717) is 37.3 Å². The van der Waals surface area contributed by atoms with Gasteiger partial charge in [0.05, 0.1) is 11.0 Å². The molecule has 3 heterocycles. The van der Waals surface area contributed by atoms with Gasteiger partial charge in [-0.05, 0) is 42.5 Å². The largest absolute Gasteiger partial charge is 0.342 e. The first-order chi connectivity index (χ1) is 16.4. The van der Waals surface area contributed by atoms with Crippen molar-refractivity contribution in [3.8, 4) is 0 Å². The Bertz CT molecular complexity index is 1240. The van der Waals surface area contributed by atoms with Gasteiger partial charge in [0, 0.05) is 38.0 Å². The second kappa shape index (κ2) is 9.18. The molecule has 0 aliphatic carbocycles. The number of nitrogens with one attached hydrogen (secondary N) is 2. The molecule has 1 fully saturated rings. The minimum Gasteiger partial charge on any atom is -0.342 e. The Morgan fingerprint density at radius 1 is 1.29 bits per heavy atom. The van der Waals surface area contributed by atoms with E-state index in [-0.39, 0.29) is 23.5 Å². The number of imidazole rings is 1. The van der Waals surface area contributed by atoms with E-state index in [1.807, 2.05) is 38.1 Å². The van der Waals surface area contributed by atoms with Gasteiger partial charge in [-0.15, -0.1) is 0 Å². The summed E-state index contributed by atoms with van der Waals surface area (Å²) in [6.45, 7) is 6.05. The number of carbonyl (C=O) groups excluding carboxylic acids is 2. The molecule has 0 radical (unpaired) electrons. The lowest BCUT2D eigenvalue weighted by atomic mass is 9.95. The number of aromatic amines is 1. The summed E-state index contributed by atoms with van der Waals surface area (Å²) in [7, 11) is 0. The molecule has 1 saturated heterocycles. The number of hydrazine groups is 1. The SMILES string of the molecule is CCCC(Cc1nc2cc(F)cc(C)c2[nH]1)C(=O)N[C@@H]1C(=O)N2CCCN2Cc2ccccc21. The standard InChI is InChI=1S/C26H30FN5O2/c1-3-7-17(13-22-28-21-14-19(27)12-16(2)23(21)29-22)25(33)30-24-20-9-5-4-8-18(20)15-31-10-6-11-32(31)26(24)34/h4-5,8-9,12,14,17,24H,3,6-7,10-11,13,15H2,1-2H3,(H,28,29)(H,30,33)/t17?,24-/m0/s1. The molecule has 2 aromatic carbocycles. The Balaban J connectivity index is 1.40. The summed E-state index contributed by atoms with van der Waals surface area (Å²) in [6.07, 6.45) is 2.81. The van der Waals surface area contributed by atoms with Gasteiger partial charge >= 0.3 is 0 Å². The van der Waals surface area contributed by atoms with Gasteiger partial charge in [0.15, 0.2) is 0 Å². The summed E-state index contributed by atoms with van der Waals surface area (Å²) in [5, 5.41) is 6.94. The number of hydrogen-bond donors (Lipinski definition) is 2. The number of carbonyl (C=O) groups is 2. The third-order valence-corrected chi connectivity index (χ3v) is 6.89. The smallest absolute Gasteiger partial charge is 0.264 e. The summed E-state index contributed by atoms with van der Waals surface area (Å²) in [5.41, 5.74) is 4.05. The van der Waals surface area contributed by atoms with Crippen molar-refractivity contribution in [2.75, 3.05) is 13.1 Å². The first kappa shape index (κ1) is 22.5. The first-order valence-electron chi connectivity index (χ1n) is 12.0. The number of hydrogen-bond acceptors (Lipinski definition) is 4. The summed E-state index contributed by atoms with van der Waals surface area (Å²) >= 11 is 0. The van der Waals surface area contributed by atoms with Gasteiger partial charge in [-0.2, -0.15) is 0 Å². The van der Waals surface area contributed by atoms with Crippen molar-refractivity contribution in [3.63, 3.8) is 0 Å². The van der Waals surface area contributed by atoms with Crippen molar-refractivity contribution in [2.24, 2.45) is 5.92 Å². The Morgan fingerprint density at radius 2 is 2.12 bits per heavy atom. The third kappa shape index (κ3) is 4.18. The predicted molar refractivity (Wildman–Crippen MR) is 127 cm³/mol. The second-order valence-electron chi connectivity index (χ2n) is 9.33. The molecule has 2 aliphatic heterocycles. The highest BCUT2D eigenvalue weighted by Gasteiger charge is 2.38. The minimum absolute atomic E-state index is 0.0825. The summed E-state index contributed by atoms with van der Waals surface area (Å²) in [4.78, 5) is 34.8. The van der Waals surface area contributed by atoms with Crippen LogP contribution in [0.15, 0.2) is 36.4 Å². The number of H-pyrrole nitrogens is 1. The summed E-state index contributed by atoms with van der Waals surface area (Å²) in [6, 6.07) is 10.0. The van der Waals surface area contributed by atoms with Crippen molar-refractivity contribution in [3.05, 3.63) is 64.7 Å². The van der Waals surface area contributed by atoms with Crippen molar-refractivity contribution >= 4 is 22.8 Å². The van der Waals surface area contributed by atoms with Crippen LogP contribution >= 0.6 is 0 Å². The van der Waals surface area contributed by atoms with Crippen LogP contribution in [0.2, 0.25) is 0 Å². The highest BCUT2D eigenvalue weighted by molar-refractivity contribution is 5.90. The highest BCUT2D eigenvalue weighted by Crippen LogP contribution is 2.30. The van der Waals surface area contributed by atoms with E-state index in [1.165, 1.54) is 12.1 Å². The lowest BCUT2D eigenvalue weighted by Crippen LogP contribution is -2.46. The first-order valence-corrected chi connectivity index (χ1v) is 12.0. The Hall–Kier alpha value is -3.26. The molecule has 5 rings (SSSR count). The van der Waals surface area contributed by atoms with Crippen molar-refractivity contribution in [2.45, 2.75) is 52.1 Å². The van der Waals surface area contributed by atoms with Crippen LogP contribution in [-0.4, -0.2) is 44.9 Å². The van der Waals surface area contributed by atoms with Crippen LogP contribution in [0.25, 0.3) is 11.0 Å². The molecule has 34 heavy (non-hydrogen) atoms. The molecule has 0 saturated carbocycles. The predicted octanol–water partition coefficient (Wildman–Crippen LogP) is 3.79. The van der Waals surface area contributed by atoms with Crippen LogP contribution in [0.3, 0.4) is 0 Å². The maximum atomic E-state index is 13.8. The quantitative estimate of drug-likeness (QED) is 0.583. The van der Waals surface area contributed by atoms with E-state index in [0.717, 1.165) is 41.6 Å². The van der Waals surface area contributed by atoms with Crippen LogP contribution < -0.4 is 5.32 Å². The zero-order valence-corrected chi connectivity index (χ0v) is 19.6. The monoisotopic (exact) mass is 463 g/mol. The van der Waals surface area contributed by atoms with Crippen LogP contribution in [-0.2, 0) is 22.6 Å². The van der Waals surface area contributed by atoms with E-state index in [4.69, 9.17) is 0 Å². The molecule has 2 N–H and O–H groups in total. The van der Waals surface area contributed by atoms with Crippen molar-refractivity contribution in [1.82, 2.24) is 25.3 Å². The molecule has 0 bridgehead atoms. The molecular weight excluding hydrogens is 433 g/mol. The molecule has 3 aromatic rings. The second-order valence-corrected chi connectivity index (χ2v) is 9.33. The number of benzene rings is 2. The zero-order chi connectivity index (χ0) is 23.8. The molecular formula is C26H30FN5O2. The maximum absolute atomic E-state index is 13.8. The third-order valence-electron chi connectivity index (χ3n) is 6.89. The van der Waals surface area contributed by atoms with Crippen LogP contribution in [0.5, 0.6) is 0 Å². The summed E-state index contributed by atoms with van der Waals surface area (Å²) in [5.74, 6) is -0.275. The Kier molecular flexibility index (Phi) is 6.08. The van der Waals surface area contributed by atoms with Gasteiger partial charge in [-0.1, -0.05) is 37.6 Å². The molecule has 2 aliphatic rings. The Labute approximate surface area is 198 Å². The molecule has 2 atom stereocenters. The van der Waals surface area contributed by atoms with Crippen LogP contribution in [0.4, 0.5) is 4.39 Å². The normalized spacial score (nSPS) is 19.1. The van der Waals surface area contributed by atoms with Gasteiger partial charge in [-0.3, -0.25) is 14.6 Å². The number of rotatable bonds is 6. The molecule has 0 spiro atoms. The fourth-order valence-corrected chi connectivity index (χ4v) is 5.22. The number of halogens is 1. The lowest BCUT2D eigenvalue weighted by Gasteiger charge is -2.28. The summed E-state index contributed by atoms with van der Waals surface area (Å²) < 4.78 is 13.8. The fourth-order valence-electron chi connectivity index (χ4n) is 5.22. The van der Waals surface area contributed by atoms with E-state index in [2.05, 4.69) is 20.3 Å². The molecule has 178 valence electrons. The molecule has 2 amide bonds. The minimum atomic E-state index is -0.710.